The summed E-state index contributed by atoms with van der Waals surface area (Å²) in [5.74, 6) is 0.803. The molecule has 1 amide bonds. The second kappa shape index (κ2) is 8.67. The van der Waals surface area contributed by atoms with Crippen LogP contribution in [0.25, 0.3) is 6.08 Å². The molecule has 0 aromatic heterocycles. The van der Waals surface area contributed by atoms with Crippen molar-refractivity contribution in [3.63, 3.8) is 0 Å². The summed E-state index contributed by atoms with van der Waals surface area (Å²) in [5.41, 5.74) is 2.13. The highest BCUT2D eigenvalue weighted by Crippen LogP contribution is 2.12. The number of methoxy groups -OCH3 is 1. The molecular formula is C19H21NO2. The molecule has 0 aliphatic rings. The van der Waals surface area contributed by atoms with Gasteiger partial charge in [0.2, 0.25) is 5.91 Å². The lowest BCUT2D eigenvalue weighted by atomic mass is 10.1. The zero-order valence-electron chi connectivity index (χ0n) is 12.8. The van der Waals surface area contributed by atoms with Gasteiger partial charge in [0.25, 0.3) is 0 Å². The first-order chi connectivity index (χ1) is 10.8. The van der Waals surface area contributed by atoms with E-state index in [-0.39, 0.29) is 5.91 Å². The maximum Gasteiger partial charge on any atom is 0.224 e. The fourth-order valence-corrected chi connectivity index (χ4v) is 2.11. The summed E-state index contributed by atoms with van der Waals surface area (Å²) < 4.78 is 5.15. The lowest BCUT2D eigenvalue weighted by Crippen LogP contribution is -2.25. The first kappa shape index (κ1) is 15.8. The van der Waals surface area contributed by atoms with Gasteiger partial charge in [-0.05, 0) is 29.7 Å². The Kier molecular flexibility index (Phi) is 6.24. The zero-order chi connectivity index (χ0) is 15.6. The summed E-state index contributed by atoms with van der Waals surface area (Å²) in [7, 11) is 1.62. The van der Waals surface area contributed by atoms with E-state index in [9.17, 15) is 4.79 Å². The Morgan fingerprint density at radius 2 is 1.95 bits per heavy atom. The average Bonchev–Trinajstić information content (AvgIpc) is 2.55. The highest BCUT2D eigenvalue weighted by atomic mass is 16.5. The number of rotatable bonds is 7. The molecule has 2 rings (SSSR count). The van der Waals surface area contributed by atoms with E-state index in [1.54, 1.807) is 7.11 Å². The van der Waals surface area contributed by atoms with Gasteiger partial charge in [-0.25, -0.2) is 0 Å². The van der Waals surface area contributed by atoms with Crippen LogP contribution >= 0.6 is 0 Å². The minimum absolute atomic E-state index is 0.0290. The van der Waals surface area contributed by atoms with Crippen molar-refractivity contribution in [1.29, 1.82) is 0 Å². The van der Waals surface area contributed by atoms with E-state index in [0.29, 0.717) is 13.0 Å². The van der Waals surface area contributed by atoms with Gasteiger partial charge in [0.1, 0.15) is 5.75 Å². The van der Waals surface area contributed by atoms with Gasteiger partial charge in [0.15, 0.2) is 0 Å². The van der Waals surface area contributed by atoms with Crippen LogP contribution in [0, 0.1) is 0 Å². The van der Waals surface area contributed by atoms with Gasteiger partial charge in [-0.3, -0.25) is 4.79 Å². The van der Waals surface area contributed by atoms with Gasteiger partial charge in [-0.2, -0.15) is 0 Å². The monoisotopic (exact) mass is 295 g/mol. The Labute approximate surface area is 131 Å². The van der Waals surface area contributed by atoms with E-state index in [2.05, 4.69) is 29.6 Å². The van der Waals surface area contributed by atoms with Gasteiger partial charge in [0.05, 0.1) is 13.5 Å². The molecule has 0 spiro atoms. The summed E-state index contributed by atoms with van der Waals surface area (Å²) >= 11 is 0. The summed E-state index contributed by atoms with van der Waals surface area (Å²) in [6.45, 7) is 0.645. The standard InChI is InChI=1S/C19H21NO2/c1-22-18-12-7-11-17(14-18)15-19(21)20-13-6-5-10-16-8-3-2-4-9-16/h2-5,7-12,14H,6,13,15H2,1H3,(H,20,21)/b10-5+. The van der Waals surface area contributed by atoms with Crippen LogP contribution in [0.15, 0.2) is 60.7 Å². The summed E-state index contributed by atoms with van der Waals surface area (Å²) in [6.07, 6.45) is 5.33. The molecular weight excluding hydrogens is 274 g/mol. The first-order valence-corrected chi connectivity index (χ1v) is 7.39. The van der Waals surface area contributed by atoms with Gasteiger partial charge >= 0.3 is 0 Å². The molecule has 2 aromatic carbocycles. The van der Waals surface area contributed by atoms with Crippen LogP contribution in [0.2, 0.25) is 0 Å². The van der Waals surface area contributed by atoms with Crippen LogP contribution in [0.5, 0.6) is 5.75 Å². The van der Waals surface area contributed by atoms with Crippen molar-refractivity contribution in [3.05, 3.63) is 71.8 Å². The van der Waals surface area contributed by atoms with Gasteiger partial charge in [-0.15, -0.1) is 0 Å². The lowest BCUT2D eigenvalue weighted by Gasteiger charge is -2.05. The Bertz CT molecular complexity index is 620. The molecule has 0 fully saturated rings. The van der Waals surface area contributed by atoms with Crippen molar-refractivity contribution in [2.24, 2.45) is 0 Å². The number of carbonyl (C=O) groups excluding carboxylic acids is 1. The Morgan fingerprint density at radius 3 is 2.73 bits per heavy atom. The first-order valence-electron chi connectivity index (χ1n) is 7.39. The van der Waals surface area contributed by atoms with E-state index in [0.717, 1.165) is 17.7 Å². The Hall–Kier alpha value is -2.55. The molecule has 0 aliphatic heterocycles. The predicted molar refractivity (Wildman–Crippen MR) is 89.8 cm³/mol. The summed E-state index contributed by atoms with van der Waals surface area (Å²) in [4.78, 5) is 11.9. The van der Waals surface area contributed by atoms with Crippen LogP contribution in [0.3, 0.4) is 0 Å². The highest BCUT2D eigenvalue weighted by molar-refractivity contribution is 5.78. The number of hydrogen-bond donors (Lipinski definition) is 1. The molecule has 2 aromatic rings. The molecule has 1 N–H and O–H groups in total. The number of carbonyl (C=O) groups is 1. The van der Waals surface area contributed by atoms with E-state index in [4.69, 9.17) is 4.74 Å². The maximum absolute atomic E-state index is 11.9. The van der Waals surface area contributed by atoms with Crippen LogP contribution in [0.1, 0.15) is 17.5 Å². The third kappa shape index (κ3) is 5.44. The fourth-order valence-electron chi connectivity index (χ4n) is 2.11. The molecule has 22 heavy (non-hydrogen) atoms. The molecule has 0 saturated carbocycles. The summed E-state index contributed by atoms with van der Waals surface area (Å²) in [5, 5.41) is 2.92. The maximum atomic E-state index is 11.9. The Morgan fingerprint density at radius 1 is 1.14 bits per heavy atom. The van der Waals surface area contributed by atoms with Crippen molar-refractivity contribution in [3.8, 4) is 5.75 Å². The van der Waals surface area contributed by atoms with Crippen molar-refractivity contribution < 1.29 is 9.53 Å². The molecule has 3 nitrogen and oxygen atoms in total. The van der Waals surface area contributed by atoms with Crippen molar-refractivity contribution >= 4 is 12.0 Å². The van der Waals surface area contributed by atoms with Gasteiger partial charge in [0, 0.05) is 6.54 Å². The number of benzene rings is 2. The van der Waals surface area contributed by atoms with Crippen molar-refractivity contribution in [2.45, 2.75) is 12.8 Å². The molecule has 0 aliphatic carbocycles. The number of ether oxygens (including phenoxy) is 1. The molecule has 0 bridgehead atoms. The van der Waals surface area contributed by atoms with Gasteiger partial charge in [-0.1, -0.05) is 54.6 Å². The molecule has 3 heteroatoms. The average molecular weight is 295 g/mol. The molecule has 114 valence electrons. The molecule has 0 unspecified atom stereocenters. The third-order valence-electron chi connectivity index (χ3n) is 3.24. The van der Waals surface area contributed by atoms with Crippen molar-refractivity contribution in [2.75, 3.05) is 13.7 Å². The SMILES string of the molecule is COc1cccc(CC(=O)NCC/C=C/c2ccccc2)c1. The van der Waals surface area contributed by atoms with Crippen molar-refractivity contribution in [1.82, 2.24) is 5.32 Å². The fraction of sp³-hybridized carbons (Fsp3) is 0.211. The molecule has 0 saturated heterocycles. The zero-order valence-corrected chi connectivity index (χ0v) is 12.8. The van der Waals surface area contributed by atoms with Crippen LogP contribution in [-0.4, -0.2) is 19.6 Å². The predicted octanol–water partition coefficient (Wildman–Crippen LogP) is 3.46. The second-order valence-electron chi connectivity index (χ2n) is 4.98. The summed E-state index contributed by atoms with van der Waals surface area (Å²) in [6, 6.07) is 17.7. The van der Waals surface area contributed by atoms with Crippen LogP contribution in [0.4, 0.5) is 0 Å². The van der Waals surface area contributed by atoms with E-state index in [1.165, 1.54) is 5.56 Å². The molecule has 0 radical (unpaired) electrons. The molecule has 0 atom stereocenters. The highest BCUT2D eigenvalue weighted by Gasteiger charge is 2.03. The quantitative estimate of drug-likeness (QED) is 0.794. The topological polar surface area (TPSA) is 38.3 Å². The van der Waals surface area contributed by atoms with E-state index < -0.39 is 0 Å². The minimum Gasteiger partial charge on any atom is -0.497 e. The largest absolute Gasteiger partial charge is 0.497 e. The number of hydrogen-bond acceptors (Lipinski definition) is 2. The van der Waals surface area contributed by atoms with Crippen LogP contribution < -0.4 is 10.1 Å². The Balaban J connectivity index is 1.70. The van der Waals surface area contributed by atoms with E-state index >= 15 is 0 Å². The normalized spacial score (nSPS) is 10.6. The van der Waals surface area contributed by atoms with Crippen LogP contribution in [-0.2, 0) is 11.2 Å². The minimum atomic E-state index is 0.0290. The lowest BCUT2D eigenvalue weighted by molar-refractivity contribution is -0.120. The molecule has 0 heterocycles. The van der Waals surface area contributed by atoms with Gasteiger partial charge < -0.3 is 10.1 Å². The number of nitrogens with one attached hydrogen (secondary N) is 1. The second-order valence-corrected chi connectivity index (χ2v) is 4.98. The smallest absolute Gasteiger partial charge is 0.224 e. The number of amides is 1. The van der Waals surface area contributed by atoms with E-state index in [1.807, 2.05) is 42.5 Å². The third-order valence-corrected chi connectivity index (χ3v) is 3.24.